The van der Waals surface area contributed by atoms with Crippen molar-refractivity contribution in [2.75, 3.05) is 26.2 Å². The van der Waals surface area contributed by atoms with Crippen LogP contribution in [0.3, 0.4) is 0 Å². The molecule has 2 saturated heterocycles. The molecule has 0 aromatic heterocycles. The highest BCUT2D eigenvalue weighted by Crippen LogP contribution is 2.27. The van der Waals surface area contributed by atoms with Crippen molar-refractivity contribution in [1.29, 1.82) is 0 Å². The molecule has 5 heteroatoms. The zero-order valence-corrected chi connectivity index (χ0v) is 14.0. The molecule has 120 valence electrons. The van der Waals surface area contributed by atoms with Crippen molar-refractivity contribution in [3.8, 4) is 5.75 Å². The van der Waals surface area contributed by atoms with Gasteiger partial charge >= 0.3 is 0 Å². The smallest absolute Gasteiger partial charge is 0.239 e. The van der Waals surface area contributed by atoms with Gasteiger partial charge in [0.05, 0.1) is 11.1 Å². The average Bonchev–Trinajstić information content (AvgIpc) is 2.96. The summed E-state index contributed by atoms with van der Waals surface area (Å²) in [5, 5.41) is 0.635. The Labute approximate surface area is 137 Å². The molecule has 1 amide bonds. The number of hydrogen-bond donors (Lipinski definition) is 0. The van der Waals surface area contributed by atoms with Crippen LogP contribution in [0, 0.1) is 6.92 Å². The Morgan fingerprint density at radius 2 is 2.23 bits per heavy atom. The summed E-state index contributed by atoms with van der Waals surface area (Å²) in [6, 6.07) is 6.12. The molecule has 0 aliphatic carbocycles. The van der Waals surface area contributed by atoms with Crippen molar-refractivity contribution < 1.29 is 9.53 Å². The predicted octanol–water partition coefficient (Wildman–Crippen LogP) is 2.72. The Morgan fingerprint density at radius 3 is 3.05 bits per heavy atom. The molecule has 2 atom stereocenters. The summed E-state index contributed by atoms with van der Waals surface area (Å²) in [6.45, 7) is 7.20. The van der Waals surface area contributed by atoms with E-state index in [2.05, 4.69) is 9.80 Å². The number of rotatable bonds is 4. The fourth-order valence-corrected chi connectivity index (χ4v) is 3.59. The van der Waals surface area contributed by atoms with Crippen LogP contribution in [0.1, 0.15) is 25.3 Å². The summed E-state index contributed by atoms with van der Waals surface area (Å²) in [5.41, 5.74) is 1.13. The van der Waals surface area contributed by atoms with Crippen molar-refractivity contribution in [3.05, 3.63) is 28.8 Å². The molecule has 4 nitrogen and oxygen atoms in total. The number of carbonyl (C=O) groups is 1. The Kier molecular flexibility index (Phi) is 4.59. The van der Waals surface area contributed by atoms with E-state index in [1.54, 1.807) is 0 Å². The van der Waals surface area contributed by atoms with E-state index in [0.717, 1.165) is 43.8 Å². The van der Waals surface area contributed by atoms with Crippen LogP contribution in [0.2, 0.25) is 5.02 Å². The molecular weight excluding hydrogens is 300 g/mol. The Morgan fingerprint density at radius 1 is 1.41 bits per heavy atom. The Hall–Kier alpha value is -1.26. The quantitative estimate of drug-likeness (QED) is 0.854. The van der Waals surface area contributed by atoms with E-state index in [9.17, 15) is 4.79 Å². The molecular formula is C17H23ClN2O2. The van der Waals surface area contributed by atoms with Crippen LogP contribution < -0.4 is 4.74 Å². The van der Waals surface area contributed by atoms with Gasteiger partial charge < -0.3 is 9.64 Å². The van der Waals surface area contributed by atoms with Gasteiger partial charge in [0.2, 0.25) is 5.91 Å². The highest BCUT2D eigenvalue weighted by Gasteiger charge is 2.39. The maximum atomic E-state index is 12.4. The van der Waals surface area contributed by atoms with Crippen LogP contribution in [0.4, 0.5) is 0 Å². The number of fused-ring (bicyclic) bond motifs is 1. The fraction of sp³-hybridized carbons (Fsp3) is 0.588. The monoisotopic (exact) mass is 322 g/mol. The zero-order valence-electron chi connectivity index (χ0n) is 13.2. The third-order valence-electron chi connectivity index (χ3n) is 4.73. The van der Waals surface area contributed by atoms with Crippen molar-refractivity contribution in [3.63, 3.8) is 0 Å². The number of nitrogens with zero attached hydrogens (tertiary/aromatic N) is 2. The first-order valence-electron chi connectivity index (χ1n) is 8.00. The third kappa shape index (κ3) is 3.08. The molecule has 0 unspecified atom stereocenters. The van der Waals surface area contributed by atoms with Gasteiger partial charge in [-0.05, 0) is 44.4 Å². The zero-order chi connectivity index (χ0) is 15.7. The second-order valence-corrected chi connectivity index (χ2v) is 6.69. The highest BCUT2D eigenvalue weighted by atomic mass is 35.5. The molecule has 2 fully saturated rings. The van der Waals surface area contributed by atoms with E-state index in [1.165, 1.54) is 0 Å². The van der Waals surface area contributed by atoms with Crippen LogP contribution in [-0.4, -0.2) is 54.0 Å². The number of hydrogen-bond acceptors (Lipinski definition) is 3. The van der Waals surface area contributed by atoms with Gasteiger partial charge in [0.15, 0.2) is 0 Å². The maximum Gasteiger partial charge on any atom is 0.239 e. The lowest BCUT2D eigenvalue weighted by atomic mass is 10.1. The van der Waals surface area contributed by atoms with Gasteiger partial charge in [0.1, 0.15) is 12.4 Å². The van der Waals surface area contributed by atoms with Gasteiger partial charge in [-0.25, -0.2) is 0 Å². The normalized spacial score (nSPS) is 25.4. The van der Waals surface area contributed by atoms with Crippen molar-refractivity contribution in [1.82, 2.24) is 9.80 Å². The third-order valence-corrected chi connectivity index (χ3v) is 5.05. The lowest BCUT2D eigenvalue weighted by Crippen LogP contribution is -2.59. The van der Waals surface area contributed by atoms with Gasteiger partial charge in [-0.3, -0.25) is 9.69 Å². The summed E-state index contributed by atoms with van der Waals surface area (Å²) >= 11 is 6.14. The number of aryl methyl sites for hydroxylation is 1. The van der Waals surface area contributed by atoms with Gasteiger partial charge in [-0.2, -0.15) is 0 Å². The first-order valence-corrected chi connectivity index (χ1v) is 8.37. The van der Waals surface area contributed by atoms with Crippen molar-refractivity contribution >= 4 is 17.5 Å². The molecule has 2 heterocycles. The van der Waals surface area contributed by atoms with E-state index in [1.807, 2.05) is 32.0 Å². The SMILES string of the molecule is Cc1ccc(Cl)c(OCCN2C[C@H]3CCCN3C(=O)[C@@H]2C)c1. The lowest BCUT2D eigenvalue weighted by molar-refractivity contribution is -0.143. The first-order chi connectivity index (χ1) is 10.6. The summed E-state index contributed by atoms with van der Waals surface area (Å²) < 4.78 is 5.82. The Balaban J connectivity index is 1.57. The molecule has 0 radical (unpaired) electrons. The van der Waals surface area contributed by atoms with Crippen molar-refractivity contribution in [2.45, 2.75) is 38.8 Å². The van der Waals surface area contributed by atoms with Gasteiger partial charge in [-0.1, -0.05) is 17.7 Å². The van der Waals surface area contributed by atoms with Gasteiger partial charge in [0, 0.05) is 25.7 Å². The standard InChI is InChI=1S/C17H23ClN2O2/c1-12-5-6-15(18)16(10-12)22-9-8-19-11-14-4-3-7-20(14)17(21)13(19)2/h5-6,10,13-14H,3-4,7-9,11H2,1-2H3/t13-,14+/m0/s1. The van der Waals surface area contributed by atoms with Gasteiger partial charge in [0.25, 0.3) is 0 Å². The van der Waals surface area contributed by atoms with Crippen LogP contribution >= 0.6 is 11.6 Å². The molecule has 22 heavy (non-hydrogen) atoms. The molecule has 3 rings (SSSR count). The molecule has 2 aliphatic rings. The number of piperazine rings is 1. The number of benzene rings is 1. The maximum absolute atomic E-state index is 12.4. The number of halogens is 1. The largest absolute Gasteiger partial charge is 0.491 e. The molecule has 0 bridgehead atoms. The number of amides is 1. The second kappa shape index (κ2) is 6.47. The molecule has 0 N–H and O–H groups in total. The summed E-state index contributed by atoms with van der Waals surface area (Å²) in [4.78, 5) is 16.7. The molecule has 1 aromatic rings. The number of carbonyl (C=O) groups excluding carboxylic acids is 1. The topological polar surface area (TPSA) is 32.8 Å². The van der Waals surface area contributed by atoms with E-state index < -0.39 is 0 Å². The summed E-state index contributed by atoms with van der Waals surface area (Å²) in [5.74, 6) is 0.988. The lowest BCUT2D eigenvalue weighted by Gasteiger charge is -2.41. The van der Waals surface area contributed by atoms with E-state index in [0.29, 0.717) is 17.7 Å². The average molecular weight is 323 g/mol. The minimum Gasteiger partial charge on any atom is -0.491 e. The molecule has 0 spiro atoms. The second-order valence-electron chi connectivity index (χ2n) is 6.28. The molecule has 1 aromatic carbocycles. The van der Waals surface area contributed by atoms with E-state index in [-0.39, 0.29) is 11.9 Å². The van der Waals surface area contributed by atoms with Crippen LogP contribution in [0.25, 0.3) is 0 Å². The van der Waals surface area contributed by atoms with Crippen LogP contribution in [-0.2, 0) is 4.79 Å². The predicted molar refractivity (Wildman–Crippen MR) is 87.5 cm³/mol. The summed E-state index contributed by atoms with van der Waals surface area (Å²) in [6.07, 6.45) is 2.26. The van der Waals surface area contributed by atoms with E-state index >= 15 is 0 Å². The van der Waals surface area contributed by atoms with Crippen molar-refractivity contribution in [2.24, 2.45) is 0 Å². The van der Waals surface area contributed by atoms with E-state index in [4.69, 9.17) is 16.3 Å². The molecule has 0 saturated carbocycles. The Bertz CT molecular complexity index is 564. The fourth-order valence-electron chi connectivity index (χ4n) is 3.42. The highest BCUT2D eigenvalue weighted by molar-refractivity contribution is 6.32. The van der Waals surface area contributed by atoms with Gasteiger partial charge in [-0.15, -0.1) is 0 Å². The first kappa shape index (κ1) is 15.6. The summed E-state index contributed by atoms with van der Waals surface area (Å²) in [7, 11) is 0. The van der Waals surface area contributed by atoms with Crippen LogP contribution in [0.15, 0.2) is 18.2 Å². The van der Waals surface area contributed by atoms with Crippen LogP contribution in [0.5, 0.6) is 5.75 Å². The molecule has 2 aliphatic heterocycles. The minimum atomic E-state index is -0.0501. The minimum absolute atomic E-state index is 0.0501. The number of ether oxygens (including phenoxy) is 1.